The SMILES string of the molecule is CCCC[NH]. The van der Waals surface area contributed by atoms with Crippen LogP contribution in [0.5, 0.6) is 0 Å². The molecule has 1 radical (unpaired) electrons. The Kier molecular flexibility index (Phi) is 3.93. The molecular weight excluding hydrogens is 62.1 g/mol. The molecule has 0 aliphatic carbocycles. The highest BCUT2D eigenvalue weighted by Crippen LogP contribution is 1.78. The zero-order valence-electron chi connectivity index (χ0n) is 3.62. The number of hydrogen-bond donors (Lipinski definition) is 0. The van der Waals surface area contributed by atoms with Gasteiger partial charge in [0.2, 0.25) is 0 Å². The van der Waals surface area contributed by atoms with Crippen LogP contribution in [0.1, 0.15) is 19.8 Å². The van der Waals surface area contributed by atoms with E-state index in [2.05, 4.69) is 6.92 Å². The van der Waals surface area contributed by atoms with Crippen molar-refractivity contribution in [1.82, 2.24) is 5.73 Å². The van der Waals surface area contributed by atoms with Crippen molar-refractivity contribution >= 4 is 0 Å². The summed E-state index contributed by atoms with van der Waals surface area (Å²) in [6.07, 6.45) is 2.21. The molecule has 31 valence electrons. The van der Waals surface area contributed by atoms with E-state index in [4.69, 9.17) is 5.73 Å². The molecule has 0 bridgehead atoms. The maximum absolute atomic E-state index is 6.60. The van der Waals surface area contributed by atoms with E-state index in [1.54, 1.807) is 0 Å². The number of hydrogen-bond acceptors (Lipinski definition) is 0. The molecule has 0 rings (SSSR count). The molecular formula is C4H10N. The van der Waals surface area contributed by atoms with E-state index in [1.807, 2.05) is 0 Å². The van der Waals surface area contributed by atoms with Gasteiger partial charge in [0.05, 0.1) is 0 Å². The lowest BCUT2D eigenvalue weighted by Crippen LogP contribution is -1.79. The summed E-state index contributed by atoms with van der Waals surface area (Å²) in [4.78, 5) is 0. The van der Waals surface area contributed by atoms with Gasteiger partial charge < -0.3 is 0 Å². The van der Waals surface area contributed by atoms with Gasteiger partial charge in [-0.15, -0.1) is 0 Å². The van der Waals surface area contributed by atoms with Crippen LogP contribution >= 0.6 is 0 Å². The maximum Gasteiger partial charge on any atom is 0.00996 e. The first kappa shape index (κ1) is 4.96. The highest BCUT2D eigenvalue weighted by Gasteiger charge is 1.68. The lowest BCUT2D eigenvalue weighted by atomic mass is 10.3. The average molecular weight is 72.1 g/mol. The molecule has 0 aliphatic rings. The van der Waals surface area contributed by atoms with E-state index < -0.39 is 0 Å². The van der Waals surface area contributed by atoms with E-state index in [0.29, 0.717) is 6.54 Å². The third kappa shape index (κ3) is 3.96. The molecule has 0 saturated carbocycles. The maximum atomic E-state index is 6.60. The fourth-order valence-electron chi connectivity index (χ4n) is 0.177. The van der Waals surface area contributed by atoms with Gasteiger partial charge in [0.1, 0.15) is 0 Å². The summed E-state index contributed by atoms with van der Waals surface area (Å²) in [6.45, 7) is 2.69. The molecule has 0 spiro atoms. The number of unbranched alkanes of at least 4 members (excludes halogenated alkanes) is 1. The molecule has 1 nitrogen and oxygen atoms in total. The Morgan fingerprint density at radius 3 is 2.20 bits per heavy atom. The first-order valence-electron chi connectivity index (χ1n) is 2.06. The summed E-state index contributed by atoms with van der Waals surface area (Å²) >= 11 is 0. The van der Waals surface area contributed by atoms with E-state index in [-0.39, 0.29) is 0 Å². The van der Waals surface area contributed by atoms with Gasteiger partial charge in [0.25, 0.3) is 0 Å². The molecule has 1 N–H and O–H groups in total. The van der Waals surface area contributed by atoms with Gasteiger partial charge >= 0.3 is 0 Å². The van der Waals surface area contributed by atoms with Crippen LogP contribution in [-0.2, 0) is 0 Å². The van der Waals surface area contributed by atoms with Crippen molar-refractivity contribution in [1.29, 1.82) is 0 Å². The monoisotopic (exact) mass is 72.1 g/mol. The molecule has 1 heteroatoms. The van der Waals surface area contributed by atoms with Crippen molar-refractivity contribution in [3.8, 4) is 0 Å². The Balaban J connectivity index is 2.19. The number of rotatable bonds is 2. The average Bonchev–Trinajstić information content (AvgIpc) is 1.41. The van der Waals surface area contributed by atoms with E-state index in [1.165, 1.54) is 0 Å². The topological polar surface area (TPSA) is 23.8 Å². The molecule has 0 heterocycles. The molecule has 0 fully saturated rings. The van der Waals surface area contributed by atoms with Crippen LogP contribution in [0, 0.1) is 0 Å². The van der Waals surface area contributed by atoms with Gasteiger partial charge in [-0.1, -0.05) is 13.3 Å². The van der Waals surface area contributed by atoms with Crippen LogP contribution in [-0.4, -0.2) is 6.54 Å². The highest BCUT2D eigenvalue weighted by atomic mass is 14.5. The summed E-state index contributed by atoms with van der Waals surface area (Å²) in [6, 6.07) is 0. The van der Waals surface area contributed by atoms with Gasteiger partial charge in [-0.25, -0.2) is 0 Å². The second-order valence-electron chi connectivity index (χ2n) is 1.10. The highest BCUT2D eigenvalue weighted by molar-refractivity contribution is 4.28. The molecule has 0 aliphatic heterocycles. The Morgan fingerprint density at radius 1 is 1.60 bits per heavy atom. The van der Waals surface area contributed by atoms with Crippen molar-refractivity contribution in [3.63, 3.8) is 0 Å². The second kappa shape index (κ2) is 3.96. The van der Waals surface area contributed by atoms with E-state index >= 15 is 0 Å². The minimum atomic E-state index is 0.594. The van der Waals surface area contributed by atoms with Gasteiger partial charge in [0.15, 0.2) is 0 Å². The normalized spacial score (nSPS) is 8.40. The first-order valence-corrected chi connectivity index (χ1v) is 2.06. The Hall–Kier alpha value is -0.0400. The fourth-order valence-corrected chi connectivity index (χ4v) is 0.177. The standard InChI is InChI=1S/C4H10N/c1-2-3-4-5/h5H,2-4H2,1H3. The van der Waals surface area contributed by atoms with Gasteiger partial charge in [0, 0.05) is 6.54 Å². The van der Waals surface area contributed by atoms with Crippen LogP contribution in [0.25, 0.3) is 0 Å². The number of nitrogens with one attached hydrogen (secondary N) is 1. The lowest BCUT2D eigenvalue weighted by molar-refractivity contribution is 0.793. The molecule has 5 heavy (non-hydrogen) atoms. The van der Waals surface area contributed by atoms with Crippen molar-refractivity contribution in [2.24, 2.45) is 0 Å². The second-order valence-corrected chi connectivity index (χ2v) is 1.10. The molecule has 0 atom stereocenters. The Bertz CT molecular complexity index is 11.1. The molecule has 0 aromatic carbocycles. The van der Waals surface area contributed by atoms with E-state index in [9.17, 15) is 0 Å². The van der Waals surface area contributed by atoms with Crippen LogP contribution in [0.15, 0.2) is 0 Å². The minimum Gasteiger partial charge on any atom is -0.258 e. The lowest BCUT2D eigenvalue weighted by Gasteiger charge is -1.78. The fraction of sp³-hybridized carbons (Fsp3) is 1.00. The van der Waals surface area contributed by atoms with Gasteiger partial charge in [-0.3, -0.25) is 5.73 Å². The van der Waals surface area contributed by atoms with Crippen molar-refractivity contribution in [2.45, 2.75) is 19.8 Å². The Labute approximate surface area is 33.2 Å². The summed E-state index contributed by atoms with van der Waals surface area (Å²) in [5, 5.41) is 0. The van der Waals surface area contributed by atoms with Gasteiger partial charge in [-0.2, -0.15) is 0 Å². The summed E-state index contributed by atoms with van der Waals surface area (Å²) in [5.41, 5.74) is 6.60. The van der Waals surface area contributed by atoms with Crippen molar-refractivity contribution < 1.29 is 0 Å². The largest absolute Gasteiger partial charge is 0.258 e. The van der Waals surface area contributed by atoms with Crippen LogP contribution < -0.4 is 5.73 Å². The van der Waals surface area contributed by atoms with Crippen molar-refractivity contribution in [2.75, 3.05) is 6.54 Å². The zero-order chi connectivity index (χ0) is 4.12. The van der Waals surface area contributed by atoms with Gasteiger partial charge in [-0.05, 0) is 6.42 Å². The quantitative estimate of drug-likeness (QED) is 0.466. The molecule has 0 aromatic rings. The molecule has 0 amide bonds. The predicted molar refractivity (Wildman–Crippen MR) is 22.9 cm³/mol. The summed E-state index contributed by atoms with van der Waals surface area (Å²) in [7, 11) is 0. The third-order valence-electron chi connectivity index (χ3n) is 0.530. The predicted octanol–water partition coefficient (Wildman–Crippen LogP) is 1.07. The van der Waals surface area contributed by atoms with Crippen LogP contribution in [0.2, 0.25) is 0 Å². The Morgan fingerprint density at radius 2 is 2.20 bits per heavy atom. The molecule has 0 unspecified atom stereocenters. The smallest absolute Gasteiger partial charge is 0.00996 e. The van der Waals surface area contributed by atoms with Crippen LogP contribution in [0.4, 0.5) is 0 Å². The summed E-state index contributed by atoms with van der Waals surface area (Å²) < 4.78 is 0. The zero-order valence-corrected chi connectivity index (χ0v) is 3.62. The van der Waals surface area contributed by atoms with E-state index in [0.717, 1.165) is 12.8 Å². The van der Waals surface area contributed by atoms with Crippen LogP contribution in [0.3, 0.4) is 0 Å². The molecule has 0 aromatic heterocycles. The third-order valence-corrected chi connectivity index (χ3v) is 0.530. The minimum absolute atomic E-state index is 0.594. The summed E-state index contributed by atoms with van der Waals surface area (Å²) in [5.74, 6) is 0. The van der Waals surface area contributed by atoms with Crippen molar-refractivity contribution in [3.05, 3.63) is 0 Å². The first-order chi connectivity index (χ1) is 2.41. The molecule has 0 saturated heterocycles.